The highest BCUT2D eigenvalue weighted by atomic mass is 32.3. The lowest BCUT2D eigenvalue weighted by Crippen LogP contribution is -2.39. The van der Waals surface area contributed by atoms with Crippen LogP contribution < -0.4 is 11.6 Å². The standard InChI is InChI=1S/C19H25N7O4.H2O4S/c1-25(7-8-29-21)9-12-14(27)15(28)19(30-12)26-17(11-5-3-2-4-6-11)24-13-16(20)22-10-23-18(13)26;1-5(2,3)4/h2-6,10,12,14-15,19,27-28H,7-9,21H2,1H3,(H2,20,22,23);(H2,1,2,3,4)/t12-,14?,15?,19-;/m1./s1. The fraction of sp³-hybridized carbons (Fsp3) is 0.421. The van der Waals surface area contributed by atoms with Crippen LogP contribution in [0, 0.1) is 0 Å². The van der Waals surface area contributed by atoms with Crippen molar-refractivity contribution < 1.29 is 37.3 Å². The second-order valence-corrected chi connectivity index (χ2v) is 8.63. The number of likely N-dealkylation sites (N-methyl/N-ethyl adjacent to an activating group) is 1. The summed E-state index contributed by atoms with van der Waals surface area (Å²) in [5.74, 6) is 5.82. The van der Waals surface area contributed by atoms with Gasteiger partial charge in [0.2, 0.25) is 0 Å². The molecule has 8 N–H and O–H groups in total. The largest absolute Gasteiger partial charge is 0.394 e. The molecule has 0 spiro atoms. The normalized spacial score (nSPS) is 22.4. The summed E-state index contributed by atoms with van der Waals surface area (Å²) in [4.78, 5) is 19.4. The molecule has 0 amide bonds. The lowest BCUT2D eigenvalue weighted by Gasteiger charge is -2.22. The number of hydrogen-bond acceptors (Lipinski definition) is 12. The van der Waals surface area contributed by atoms with E-state index in [1.807, 2.05) is 42.3 Å². The van der Waals surface area contributed by atoms with E-state index in [9.17, 15) is 10.2 Å². The van der Waals surface area contributed by atoms with Gasteiger partial charge in [0.25, 0.3) is 0 Å². The Bertz CT molecular complexity index is 1220. The molecule has 1 fully saturated rings. The molecule has 3 aromatic rings. The Kier molecular flexibility index (Phi) is 8.65. The Balaban J connectivity index is 0.000000623. The molecule has 1 aromatic carbocycles. The maximum atomic E-state index is 10.8. The molecule has 2 unspecified atom stereocenters. The van der Waals surface area contributed by atoms with E-state index in [1.165, 1.54) is 6.33 Å². The third-order valence-electron chi connectivity index (χ3n) is 5.21. The van der Waals surface area contributed by atoms with Gasteiger partial charge < -0.3 is 30.4 Å². The van der Waals surface area contributed by atoms with Crippen LogP contribution in [-0.2, 0) is 20.0 Å². The first-order chi connectivity index (χ1) is 16.5. The highest BCUT2D eigenvalue weighted by molar-refractivity contribution is 7.79. The van der Waals surface area contributed by atoms with Gasteiger partial charge in [-0.15, -0.1) is 0 Å². The number of rotatable bonds is 7. The average molecular weight is 514 g/mol. The molecule has 16 heteroatoms. The molecule has 4 rings (SSSR count). The van der Waals surface area contributed by atoms with E-state index in [0.29, 0.717) is 36.7 Å². The van der Waals surface area contributed by atoms with E-state index in [2.05, 4.69) is 19.8 Å². The summed E-state index contributed by atoms with van der Waals surface area (Å²) in [6.45, 7) is 1.27. The molecule has 0 saturated carbocycles. The second kappa shape index (κ2) is 11.3. The summed E-state index contributed by atoms with van der Waals surface area (Å²) in [7, 11) is -2.81. The van der Waals surface area contributed by atoms with Crippen LogP contribution in [0.2, 0.25) is 0 Å². The average Bonchev–Trinajstić information content (AvgIpc) is 3.31. The number of aliphatic hydroxyl groups excluding tert-OH is 2. The number of ether oxygens (including phenoxy) is 1. The number of imidazole rings is 1. The minimum Gasteiger partial charge on any atom is -0.387 e. The first-order valence-electron chi connectivity index (χ1n) is 10.3. The fourth-order valence-electron chi connectivity index (χ4n) is 3.66. The van der Waals surface area contributed by atoms with Crippen molar-refractivity contribution in [2.24, 2.45) is 5.90 Å². The van der Waals surface area contributed by atoms with Crippen molar-refractivity contribution in [1.82, 2.24) is 24.4 Å². The fourth-order valence-corrected chi connectivity index (χ4v) is 3.66. The molecular formula is C19H27N7O8S. The summed E-state index contributed by atoms with van der Waals surface area (Å²) in [6, 6.07) is 9.43. The van der Waals surface area contributed by atoms with Gasteiger partial charge in [-0.1, -0.05) is 30.3 Å². The van der Waals surface area contributed by atoms with Crippen LogP contribution >= 0.6 is 0 Å². The predicted molar refractivity (Wildman–Crippen MR) is 123 cm³/mol. The molecule has 0 bridgehead atoms. The maximum Gasteiger partial charge on any atom is 0.394 e. The van der Waals surface area contributed by atoms with Crippen LogP contribution in [0.15, 0.2) is 36.7 Å². The lowest BCUT2D eigenvalue weighted by molar-refractivity contribution is -0.0428. The third-order valence-corrected chi connectivity index (χ3v) is 5.21. The van der Waals surface area contributed by atoms with Gasteiger partial charge in [-0.05, 0) is 7.05 Å². The second-order valence-electron chi connectivity index (χ2n) is 7.73. The molecule has 3 heterocycles. The zero-order valence-electron chi connectivity index (χ0n) is 18.6. The number of benzene rings is 1. The van der Waals surface area contributed by atoms with E-state index >= 15 is 0 Å². The molecule has 35 heavy (non-hydrogen) atoms. The number of nitrogens with zero attached hydrogens (tertiary/aromatic N) is 5. The SMILES string of the molecule is CN(CCON)C[C@H]1O[C@@H](n2c(-c3ccccc3)nc3c(N)ncnc32)C(O)C1O.O=S(=O)(O)O. The summed E-state index contributed by atoms with van der Waals surface area (Å²) in [6.07, 6.45) is -2.49. The molecule has 0 aliphatic carbocycles. The Morgan fingerprint density at radius 2 is 1.83 bits per heavy atom. The molecule has 0 radical (unpaired) electrons. The van der Waals surface area contributed by atoms with Crippen molar-refractivity contribution >= 4 is 27.4 Å². The van der Waals surface area contributed by atoms with Gasteiger partial charge in [-0.2, -0.15) is 8.42 Å². The molecule has 15 nitrogen and oxygen atoms in total. The first kappa shape index (κ1) is 26.8. The van der Waals surface area contributed by atoms with Crippen LogP contribution in [0.1, 0.15) is 6.23 Å². The summed E-state index contributed by atoms with van der Waals surface area (Å²) >= 11 is 0. The van der Waals surface area contributed by atoms with Gasteiger partial charge in [0, 0.05) is 18.7 Å². The quantitative estimate of drug-likeness (QED) is 0.162. The van der Waals surface area contributed by atoms with Crippen LogP contribution in [-0.4, -0.2) is 97.2 Å². The van der Waals surface area contributed by atoms with E-state index in [1.54, 1.807) is 4.57 Å². The number of nitrogens with two attached hydrogens (primary N) is 2. The van der Waals surface area contributed by atoms with Crippen molar-refractivity contribution in [2.75, 3.05) is 32.5 Å². The summed E-state index contributed by atoms with van der Waals surface area (Å²) < 4.78 is 39.3. The smallest absolute Gasteiger partial charge is 0.387 e. The van der Waals surface area contributed by atoms with E-state index in [0.717, 1.165) is 5.56 Å². The molecule has 1 aliphatic heterocycles. The van der Waals surface area contributed by atoms with Crippen molar-refractivity contribution in [3.8, 4) is 11.4 Å². The minimum atomic E-state index is -4.67. The van der Waals surface area contributed by atoms with Crippen LogP contribution in [0.5, 0.6) is 0 Å². The van der Waals surface area contributed by atoms with Gasteiger partial charge in [-0.3, -0.25) is 13.7 Å². The lowest BCUT2D eigenvalue weighted by atomic mass is 10.1. The first-order valence-corrected chi connectivity index (χ1v) is 11.7. The Morgan fingerprint density at radius 1 is 1.17 bits per heavy atom. The highest BCUT2D eigenvalue weighted by Crippen LogP contribution is 2.36. The molecule has 2 aromatic heterocycles. The number of fused-ring (bicyclic) bond motifs is 1. The topological polar surface area (TPSA) is 232 Å². The molecule has 4 atom stereocenters. The van der Waals surface area contributed by atoms with Crippen molar-refractivity contribution in [2.45, 2.75) is 24.5 Å². The number of anilines is 1. The maximum absolute atomic E-state index is 10.8. The zero-order chi connectivity index (χ0) is 25.8. The van der Waals surface area contributed by atoms with Crippen molar-refractivity contribution in [3.05, 3.63) is 36.7 Å². The van der Waals surface area contributed by atoms with Crippen molar-refractivity contribution in [1.29, 1.82) is 0 Å². The summed E-state index contributed by atoms with van der Waals surface area (Å²) in [5, 5.41) is 21.5. The van der Waals surface area contributed by atoms with E-state index < -0.39 is 34.9 Å². The monoisotopic (exact) mass is 513 g/mol. The van der Waals surface area contributed by atoms with Gasteiger partial charge in [0.1, 0.15) is 30.5 Å². The highest BCUT2D eigenvalue weighted by Gasteiger charge is 2.45. The molecule has 1 aliphatic rings. The number of nitrogen functional groups attached to an aromatic ring is 1. The Labute approximate surface area is 200 Å². The number of aromatic nitrogens is 4. The van der Waals surface area contributed by atoms with Crippen LogP contribution in [0.4, 0.5) is 5.82 Å². The van der Waals surface area contributed by atoms with E-state index in [-0.39, 0.29) is 5.82 Å². The summed E-state index contributed by atoms with van der Waals surface area (Å²) in [5.41, 5.74) is 7.63. The Hall–Kier alpha value is -2.80. The van der Waals surface area contributed by atoms with Gasteiger partial charge >= 0.3 is 10.4 Å². The van der Waals surface area contributed by atoms with Gasteiger partial charge in [-0.25, -0.2) is 20.8 Å². The van der Waals surface area contributed by atoms with Gasteiger partial charge in [0.15, 0.2) is 23.2 Å². The Morgan fingerprint density at radius 3 is 2.46 bits per heavy atom. The van der Waals surface area contributed by atoms with Crippen molar-refractivity contribution in [3.63, 3.8) is 0 Å². The van der Waals surface area contributed by atoms with Gasteiger partial charge in [0.05, 0.1) is 6.61 Å². The predicted octanol–water partition coefficient (Wildman–Crippen LogP) is -1.14. The number of hydrogen-bond donors (Lipinski definition) is 6. The molecule has 1 saturated heterocycles. The minimum absolute atomic E-state index is 0.224. The van der Waals surface area contributed by atoms with E-state index in [4.69, 9.17) is 33.9 Å². The molecular weight excluding hydrogens is 486 g/mol. The molecule has 192 valence electrons. The van der Waals surface area contributed by atoms with Crippen LogP contribution in [0.25, 0.3) is 22.6 Å². The number of aliphatic hydroxyl groups is 2. The zero-order valence-corrected chi connectivity index (χ0v) is 19.4. The van der Waals surface area contributed by atoms with Crippen LogP contribution in [0.3, 0.4) is 0 Å². The third kappa shape index (κ3) is 6.66.